The molecule has 0 saturated heterocycles. The number of carbonyl (C=O) groups is 2. The number of hydrogen-bond acceptors (Lipinski definition) is 5. The number of amides is 1. The summed E-state index contributed by atoms with van der Waals surface area (Å²) >= 11 is 11.8. The Morgan fingerprint density at radius 2 is 1.73 bits per heavy atom. The average molecular weight is 498 g/mol. The van der Waals surface area contributed by atoms with Crippen molar-refractivity contribution in [2.75, 3.05) is 10.6 Å². The van der Waals surface area contributed by atoms with Crippen molar-refractivity contribution >= 4 is 52.5 Å². The second-order valence-corrected chi connectivity index (χ2v) is 7.67. The first-order valence-electron chi connectivity index (χ1n) is 9.29. The standard InChI is InChI=1S/C22H16Cl2F3N3O3/c23-16-5-12(10-31)15(8-17(16)24)21(33)30-19-6-13(22(25,26)27)2-4-18(19)29-14-3-1-11(9-28)20(32)7-14/h1-8,10,29,32H,9,28H2,(H,30,33). The fourth-order valence-electron chi connectivity index (χ4n) is 2.95. The lowest BCUT2D eigenvalue weighted by molar-refractivity contribution is -0.137. The lowest BCUT2D eigenvalue weighted by Crippen LogP contribution is -2.16. The van der Waals surface area contributed by atoms with Crippen LogP contribution in [0.15, 0.2) is 48.5 Å². The number of nitrogens with two attached hydrogens (primary N) is 1. The number of hydrogen-bond donors (Lipinski definition) is 4. The Labute approximate surface area is 196 Å². The van der Waals surface area contributed by atoms with Crippen molar-refractivity contribution in [1.29, 1.82) is 0 Å². The van der Waals surface area contributed by atoms with Crippen molar-refractivity contribution in [2.45, 2.75) is 12.7 Å². The topological polar surface area (TPSA) is 104 Å². The summed E-state index contributed by atoms with van der Waals surface area (Å²) in [5.41, 5.74) is 4.93. The van der Waals surface area contributed by atoms with E-state index in [2.05, 4.69) is 10.6 Å². The van der Waals surface area contributed by atoms with Crippen LogP contribution in [0.3, 0.4) is 0 Å². The minimum atomic E-state index is -4.67. The Kier molecular flexibility index (Phi) is 7.16. The van der Waals surface area contributed by atoms with Crippen LogP contribution in [-0.2, 0) is 12.7 Å². The molecule has 3 aromatic carbocycles. The van der Waals surface area contributed by atoms with Crippen LogP contribution in [0, 0.1) is 0 Å². The number of halogens is 5. The summed E-state index contributed by atoms with van der Waals surface area (Å²) in [7, 11) is 0. The molecule has 0 radical (unpaired) electrons. The van der Waals surface area contributed by atoms with E-state index >= 15 is 0 Å². The van der Waals surface area contributed by atoms with Gasteiger partial charge in [-0.15, -0.1) is 0 Å². The van der Waals surface area contributed by atoms with E-state index in [-0.39, 0.29) is 44.8 Å². The molecular formula is C22H16Cl2F3N3O3. The fourth-order valence-corrected chi connectivity index (χ4v) is 3.28. The Hall–Kier alpha value is -3.27. The molecule has 33 heavy (non-hydrogen) atoms. The smallest absolute Gasteiger partial charge is 0.416 e. The van der Waals surface area contributed by atoms with E-state index in [1.807, 2.05) is 0 Å². The van der Waals surface area contributed by atoms with Crippen LogP contribution in [0.5, 0.6) is 5.75 Å². The van der Waals surface area contributed by atoms with E-state index in [0.717, 1.165) is 24.3 Å². The molecule has 6 nitrogen and oxygen atoms in total. The minimum absolute atomic E-state index is 0.00900. The van der Waals surface area contributed by atoms with Gasteiger partial charge in [-0.3, -0.25) is 9.59 Å². The molecule has 0 aliphatic heterocycles. The quantitative estimate of drug-likeness (QED) is 0.313. The second-order valence-electron chi connectivity index (χ2n) is 6.86. The molecule has 0 aromatic heterocycles. The number of phenols is 1. The number of anilines is 3. The van der Waals surface area contributed by atoms with Crippen molar-refractivity contribution in [3.63, 3.8) is 0 Å². The van der Waals surface area contributed by atoms with Gasteiger partial charge in [0.1, 0.15) is 5.75 Å². The highest BCUT2D eigenvalue weighted by Gasteiger charge is 2.31. The summed E-state index contributed by atoms with van der Waals surface area (Å²) in [5.74, 6) is -0.981. The molecule has 0 bridgehead atoms. The van der Waals surface area contributed by atoms with Gasteiger partial charge in [-0.05, 0) is 36.4 Å². The third-order valence-electron chi connectivity index (χ3n) is 4.64. The maximum atomic E-state index is 13.3. The molecule has 0 unspecified atom stereocenters. The van der Waals surface area contributed by atoms with Crippen molar-refractivity contribution < 1.29 is 27.9 Å². The summed E-state index contributed by atoms with van der Waals surface area (Å²) in [5, 5.41) is 15.2. The van der Waals surface area contributed by atoms with Crippen LogP contribution < -0.4 is 16.4 Å². The molecule has 0 aliphatic rings. The summed E-state index contributed by atoms with van der Waals surface area (Å²) in [6.07, 6.45) is -4.29. The summed E-state index contributed by atoms with van der Waals surface area (Å²) < 4.78 is 39.8. The zero-order valence-corrected chi connectivity index (χ0v) is 18.1. The van der Waals surface area contributed by atoms with E-state index in [4.69, 9.17) is 28.9 Å². The van der Waals surface area contributed by atoms with Crippen molar-refractivity contribution in [1.82, 2.24) is 0 Å². The van der Waals surface area contributed by atoms with Crippen LogP contribution in [0.25, 0.3) is 0 Å². The molecule has 0 spiro atoms. The third-order valence-corrected chi connectivity index (χ3v) is 5.37. The summed E-state index contributed by atoms with van der Waals surface area (Å²) in [6, 6.07) is 9.48. The highest BCUT2D eigenvalue weighted by molar-refractivity contribution is 6.42. The SMILES string of the molecule is NCc1ccc(Nc2ccc(C(F)(F)F)cc2NC(=O)c2cc(Cl)c(Cl)cc2C=O)cc1O. The maximum absolute atomic E-state index is 13.3. The first-order chi connectivity index (χ1) is 15.5. The molecule has 3 rings (SSSR count). The average Bonchev–Trinajstić information content (AvgIpc) is 2.75. The van der Waals surface area contributed by atoms with Gasteiger partial charge in [-0.25, -0.2) is 0 Å². The number of phenolic OH excluding ortho intramolecular Hbond substituents is 1. The van der Waals surface area contributed by atoms with E-state index in [0.29, 0.717) is 17.5 Å². The zero-order valence-electron chi connectivity index (χ0n) is 16.6. The molecule has 0 saturated carbocycles. The van der Waals surface area contributed by atoms with Crippen molar-refractivity contribution in [2.24, 2.45) is 5.73 Å². The molecule has 0 atom stereocenters. The Morgan fingerprint density at radius 3 is 2.33 bits per heavy atom. The predicted octanol–water partition coefficient (Wildman–Crippen LogP) is 5.98. The summed E-state index contributed by atoms with van der Waals surface area (Å²) in [4.78, 5) is 24.2. The normalized spacial score (nSPS) is 11.2. The van der Waals surface area contributed by atoms with Crippen LogP contribution in [-0.4, -0.2) is 17.3 Å². The number of alkyl halides is 3. The molecule has 1 amide bonds. The molecule has 172 valence electrons. The van der Waals surface area contributed by atoms with Gasteiger partial charge in [0.2, 0.25) is 0 Å². The lowest BCUT2D eigenvalue weighted by atomic mass is 10.1. The highest BCUT2D eigenvalue weighted by atomic mass is 35.5. The molecule has 0 aliphatic carbocycles. The van der Waals surface area contributed by atoms with Crippen molar-refractivity contribution in [3.05, 3.63) is 80.8 Å². The van der Waals surface area contributed by atoms with Crippen LogP contribution in [0.2, 0.25) is 10.0 Å². The number of rotatable bonds is 6. The van der Waals surface area contributed by atoms with Gasteiger partial charge in [-0.1, -0.05) is 29.3 Å². The van der Waals surface area contributed by atoms with E-state index in [1.54, 1.807) is 12.1 Å². The van der Waals surface area contributed by atoms with Crippen LogP contribution >= 0.6 is 23.2 Å². The van der Waals surface area contributed by atoms with Crippen molar-refractivity contribution in [3.8, 4) is 5.75 Å². The Morgan fingerprint density at radius 1 is 1.03 bits per heavy atom. The van der Waals surface area contributed by atoms with Gasteiger partial charge in [-0.2, -0.15) is 13.2 Å². The third kappa shape index (κ3) is 5.57. The molecule has 3 aromatic rings. The van der Waals surface area contributed by atoms with Gasteiger partial charge in [0.25, 0.3) is 5.91 Å². The van der Waals surface area contributed by atoms with Gasteiger partial charge in [0.05, 0.1) is 32.5 Å². The molecule has 0 heterocycles. The van der Waals surface area contributed by atoms with Crippen LogP contribution in [0.1, 0.15) is 31.8 Å². The number of carbonyl (C=O) groups excluding carboxylic acids is 2. The van der Waals surface area contributed by atoms with Crippen LogP contribution in [0.4, 0.5) is 30.2 Å². The Balaban J connectivity index is 2.02. The number of benzene rings is 3. The first-order valence-corrected chi connectivity index (χ1v) is 10.0. The minimum Gasteiger partial charge on any atom is -0.508 e. The second kappa shape index (κ2) is 9.70. The highest BCUT2D eigenvalue weighted by Crippen LogP contribution is 2.36. The van der Waals surface area contributed by atoms with E-state index in [1.165, 1.54) is 12.1 Å². The van der Waals surface area contributed by atoms with Gasteiger partial charge < -0.3 is 21.5 Å². The molecular weight excluding hydrogens is 482 g/mol. The van der Waals surface area contributed by atoms with E-state index in [9.17, 15) is 27.9 Å². The zero-order chi connectivity index (χ0) is 24.3. The lowest BCUT2D eigenvalue weighted by Gasteiger charge is -2.17. The molecule has 0 fully saturated rings. The number of aldehydes is 1. The van der Waals surface area contributed by atoms with Gasteiger partial charge in [0.15, 0.2) is 6.29 Å². The maximum Gasteiger partial charge on any atom is 0.416 e. The monoisotopic (exact) mass is 497 g/mol. The number of aromatic hydroxyl groups is 1. The Bertz CT molecular complexity index is 1230. The van der Waals surface area contributed by atoms with E-state index < -0.39 is 17.6 Å². The fraction of sp³-hybridized carbons (Fsp3) is 0.0909. The largest absolute Gasteiger partial charge is 0.508 e. The first kappa shape index (κ1) is 24.4. The predicted molar refractivity (Wildman–Crippen MR) is 121 cm³/mol. The molecule has 5 N–H and O–H groups in total. The molecule has 11 heteroatoms. The van der Waals surface area contributed by atoms with Gasteiger partial charge in [0, 0.05) is 29.4 Å². The van der Waals surface area contributed by atoms with Gasteiger partial charge >= 0.3 is 6.18 Å². The number of nitrogens with one attached hydrogen (secondary N) is 2. The summed E-state index contributed by atoms with van der Waals surface area (Å²) in [6.45, 7) is 0.0937.